The topological polar surface area (TPSA) is 88.2 Å². The molecule has 0 radical (unpaired) electrons. The normalized spacial score (nSPS) is 10.0. The third-order valence-corrected chi connectivity index (χ3v) is 2.73. The number of guanidine groups is 1. The van der Waals surface area contributed by atoms with E-state index in [9.17, 15) is 4.79 Å². The van der Waals surface area contributed by atoms with Gasteiger partial charge in [-0.05, 0) is 30.7 Å². The maximum absolute atomic E-state index is 12.3. The van der Waals surface area contributed by atoms with Crippen LogP contribution in [0.1, 0.15) is 24.2 Å². The molecule has 2 aromatic rings. The van der Waals surface area contributed by atoms with Crippen LogP contribution >= 0.6 is 12.4 Å². The Morgan fingerprint density at radius 1 is 1.24 bits per heavy atom. The number of fused-ring (bicyclic) bond motifs is 1. The van der Waals surface area contributed by atoms with E-state index in [-0.39, 0.29) is 18.5 Å². The summed E-state index contributed by atoms with van der Waals surface area (Å²) in [6.45, 7) is 3.78. The van der Waals surface area contributed by atoms with Crippen molar-refractivity contribution in [1.29, 1.82) is 5.41 Å². The van der Waals surface area contributed by atoms with Crippen LogP contribution in [0.4, 0.5) is 0 Å². The fourth-order valence-electron chi connectivity index (χ4n) is 2.02. The SMILES string of the molecule is CC(C)Oc1ccc2ccccc2c1C(=O)NC(=N)N.Cl. The second-order valence-corrected chi connectivity index (χ2v) is 4.69. The Hall–Kier alpha value is -2.27. The second kappa shape index (κ2) is 6.95. The van der Waals surface area contributed by atoms with Gasteiger partial charge < -0.3 is 10.5 Å². The number of hydrogen-bond acceptors (Lipinski definition) is 3. The fraction of sp³-hybridized carbons (Fsp3) is 0.200. The molecule has 5 nitrogen and oxygen atoms in total. The zero-order valence-corrected chi connectivity index (χ0v) is 12.7. The minimum atomic E-state index is -0.440. The summed E-state index contributed by atoms with van der Waals surface area (Å²) < 4.78 is 5.68. The predicted molar refractivity (Wildman–Crippen MR) is 86.3 cm³/mol. The summed E-state index contributed by atoms with van der Waals surface area (Å²) in [6.07, 6.45) is -0.0555. The molecule has 0 atom stereocenters. The molecule has 2 rings (SSSR count). The van der Waals surface area contributed by atoms with E-state index in [1.165, 1.54) is 0 Å². The van der Waals surface area contributed by atoms with E-state index in [1.54, 1.807) is 6.07 Å². The van der Waals surface area contributed by atoms with Crippen LogP contribution in [0, 0.1) is 5.41 Å². The molecule has 21 heavy (non-hydrogen) atoms. The maximum atomic E-state index is 12.3. The molecule has 0 saturated carbocycles. The molecule has 0 spiro atoms. The monoisotopic (exact) mass is 307 g/mol. The van der Waals surface area contributed by atoms with Gasteiger partial charge >= 0.3 is 0 Å². The number of nitrogens with one attached hydrogen (secondary N) is 2. The summed E-state index contributed by atoms with van der Waals surface area (Å²) in [5.74, 6) is -0.346. The van der Waals surface area contributed by atoms with Gasteiger partial charge in [-0.2, -0.15) is 0 Å². The van der Waals surface area contributed by atoms with E-state index < -0.39 is 11.9 Å². The number of hydrogen-bond donors (Lipinski definition) is 3. The van der Waals surface area contributed by atoms with Gasteiger partial charge in [0.15, 0.2) is 5.96 Å². The minimum Gasteiger partial charge on any atom is -0.490 e. The maximum Gasteiger partial charge on any atom is 0.262 e. The zero-order valence-electron chi connectivity index (χ0n) is 11.8. The van der Waals surface area contributed by atoms with Gasteiger partial charge in [0.2, 0.25) is 0 Å². The smallest absolute Gasteiger partial charge is 0.262 e. The number of carbonyl (C=O) groups excluding carboxylic acids is 1. The van der Waals surface area contributed by atoms with E-state index in [0.29, 0.717) is 11.3 Å². The van der Waals surface area contributed by atoms with Crippen molar-refractivity contribution in [2.45, 2.75) is 20.0 Å². The summed E-state index contributed by atoms with van der Waals surface area (Å²) in [4.78, 5) is 12.3. The third-order valence-electron chi connectivity index (χ3n) is 2.73. The van der Waals surface area contributed by atoms with Crippen molar-refractivity contribution in [3.8, 4) is 5.75 Å². The molecule has 0 aromatic heterocycles. The Balaban J connectivity index is 0.00000220. The molecule has 0 bridgehead atoms. The zero-order chi connectivity index (χ0) is 14.7. The number of halogens is 1. The Morgan fingerprint density at radius 2 is 1.90 bits per heavy atom. The van der Waals surface area contributed by atoms with E-state index in [1.807, 2.05) is 44.2 Å². The molecule has 6 heteroatoms. The molecule has 2 aromatic carbocycles. The van der Waals surface area contributed by atoms with E-state index in [0.717, 1.165) is 10.8 Å². The number of ether oxygens (including phenoxy) is 1. The second-order valence-electron chi connectivity index (χ2n) is 4.69. The molecule has 112 valence electrons. The quantitative estimate of drug-likeness (QED) is 0.601. The standard InChI is InChI=1S/C15H17N3O2.ClH/c1-9(2)20-12-8-7-10-5-3-4-6-11(10)13(12)14(19)18-15(16)17;/h3-9H,1-2H3,(H4,16,17,18,19);1H. The summed E-state index contributed by atoms with van der Waals surface area (Å²) in [5.41, 5.74) is 5.63. The number of nitrogens with two attached hydrogens (primary N) is 1. The lowest BCUT2D eigenvalue weighted by atomic mass is 10.0. The molecule has 0 aliphatic rings. The highest BCUT2D eigenvalue weighted by atomic mass is 35.5. The average molecular weight is 308 g/mol. The van der Waals surface area contributed by atoms with Gasteiger partial charge in [0, 0.05) is 0 Å². The summed E-state index contributed by atoms with van der Waals surface area (Å²) in [6, 6.07) is 11.2. The van der Waals surface area contributed by atoms with E-state index in [4.69, 9.17) is 15.9 Å². The number of rotatable bonds is 3. The van der Waals surface area contributed by atoms with Gasteiger partial charge in [-0.3, -0.25) is 15.5 Å². The van der Waals surface area contributed by atoms with Crippen LogP contribution in [-0.2, 0) is 0 Å². The molecule has 1 amide bonds. The molecule has 0 fully saturated rings. The van der Waals surface area contributed by atoms with Crippen molar-refractivity contribution in [2.75, 3.05) is 0 Å². The molecule has 0 unspecified atom stereocenters. The molecular formula is C15H18ClN3O2. The number of carbonyl (C=O) groups is 1. The van der Waals surface area contributed by atoms with Gasteiger partial charge in [-0.15, -0.1) is 12.4 Å². The molecule has 0 heterocycles. The number of benzene rings is 2. The summed E-state index contributed by atoms with van der Waals surface area (Å²) in [5, 5.41) is 11.2. The van der Waals surface area contributed by atoms with Gasteiger partial charge in [0.05, 0.1) is 11.7 Å². The largest absolute Gasteiger partial charge is 0.490 e. The highest BCUT2D eigenvalue weighted by molar-refractivity contribution is 6.14. The van der Waals surface area contributed by atoms with E-state index in [2.05, 4.69) is 5.32 Å². The molecule has 0 aliphatic carbocycles. The molecular weight excluding hydrogens is 290 g/mol. The molecule has 4 N–H and O–H groups in total. The van der Waals surface area contributed by atoms with Crippen LogP contribution in [0.25, 0.3) is 10.8 Å². The molecule has 0 saturated heterocycles. The van der Waals surface area contributed by atoms with Crippen LogP contribution in [0.2, 0.25) is 0 Å². The van der Waals surface area contributed by atoms with Crippen molar-refractivity contribution in [3.05, 3.63) is 42.0 Å². The van der Waals surface area contributed by atoms with Crippen molar-refractivity contribution >= 4 is 35.0 Å². The Kier molecular flexibility index (Phi) is 5.55. The summed E-state index contributed by atoms with van der Waals surface area (Å²) >= 11 is 0. The van der Waals surface area contributed by atoms with Crippen LogP contribution in [-0.4, -0.2) is 18.0 Å². The van der Waals surface area contributed by atoms with Crippen LogP contribution in [0.3, 0.4) is 0 Å². The lowest BCUT2D eigenvalue weighted by Gasteiger charge is -2.16. The molecule has 0 aliphatic heterocycles. The first kappa shape index (κ1) is 16.8. The minimum absolute atomic E-state index is 0. The third kappa shape index (κ3) is 3.86. The van der Waals surface area contributed by atoms with Crippen molar-refractivity contribution in [3.63, 3.8) is 0 Å². The van der Waals surface area contributed by atoms with Crippen molar-refractivity contribution < 1.29 is 9.53 Å². The fourth-order valence-corrected chi connectivity index (χ4v) is 2.02. The Labute approximate surface area is 129 Å². The number of amides is 1. The average Bonchev–Trinajstić information content (AvgIpc) is 2.36. The lowest BCUT2D eigenvalue weighted by Crippen LogP contribution is -2.36. The Morgan fingerprint density at radius 3 is 2.52 bits per heavy atom. The van der Waals surface area contributed by atoms with Crippen LogP contribution in [0.15, 0.2) is 36.4 Å². The predicted octanol–water partition coefficient (Wildman–Crippen LogP) is 2.67. The van der Waals surface area contributed by atoms with Crippen molar-refractivity contribution in [2.24, 2.45) is 5.73 Å². The highest BCUT2D eigenvalue weighted by Crippen LogP contribution is 2.28. The first-order valence-corrected chi connectivity index (χ1v) is 6.33. The van der Waals surface area contributed by atoms with E-state index >= 15 is 0 Å². The van der Waals surface area contributed by atoms with Gasteiger partial charge in [0.1, 0.15) is 5.75 Å². The van der Waals surface area contributed by atoms with Gasteiger partial charge in [-0.25, -0.2) is 0 Å². The summed E-state index contributed by atoms with van der Waals surface area (Å²) in [7, 11) is 0. The highest BCUT2D eigenvalue weighted by Gasteiger charge is 2.17. The van der Waals surface area contributed by atoms with Crippen molar-refractivity contribution in [1.82, 2.24) is 5.32 Å². The van der Waals surface area contributed by atoms with Crippen LogP contribution < -0.4 is 15.8 Å². The lowest BCUT2D eigenvalue weighted by molar-refractivity contribution is 0.0972. The first-order chi connectivity index (χ1) is 9.49. The van der Waals surface area contributed by atoms with Crippen LogP contribution in [0.5, 0.6) is 5.75 Å². The first-order valence-electron chi connectivity index (χ1n) is 6.33. The van der Waals surface area contributed by atoms with Gasteiger partial charge in [0.25, 0.3) is 5.91 Å². The van der Waals surface area contributed by atoms with Gasteiger partial charge in [-0.1, -0.05) is 30.3 Å². The Bertz CT molecular complexity index is 671.